The molecule has 2 aliphatic rings. The van der Waals surface area contributed by atoms with E-state index in [1.165, 1.54) is 11.3 Å². The van der Waals surface area contributed by atoms with Crippen molar-refractivity contribution < 1.29 is 9.59 Å². The quantitative estimate of drug-likeness (QED) is 0.647. The molecular formula is C19H25N3O2. The topological polar surface area (TPSA) is 61.4 Å². The number of rotatable bonds is 2. The summed E-state index contributed by atoms with van der Waals surface area (Å²) in [5.74, 6) is 0.0612. The van der Waals surface area contributed by atoms with Crippen LogP contribution in [0.25, 0.3) is 6.08 Å². The molecule has 2 N–H and O–H groups in total. The first kappa shape index (κ1) is 16.6. The summed E-state index contributed by atoms with van der Waals surface area (Å²) in [6.07, 6.45) is 2.81. The van der Waals surface area contributed by atoms with E-state index in [0.717, 1.165) is 12.0 Å². The van der Waals surface area contributed by atoms with E-state index in [1.54, 1.807) is 6.08 Å². The molecule has 5 heteroatoms. The normalized spacial score (nSPS) is 24.2. The zero-order valence-electron chi connectivity index (χ0n) is 14.9. The molecule has 2 aliphatic heterocycles. The summed E-state index contributed by atoms with van der Waals surface area (Å²) in [4.78, 5) is 25.4. The lowest BCUT2D eigenvalue weighted by Gasteiger charge is -2.50. The molecule has 1 aromatic rings. The van der Waals surface area contributed by atoms with Crippen molar-refractivity contribution in [2.24, 2.45) is 0 Å². The molecule has 2 heterocycles. The number of imide groups is 1. The minimum absolute atomic E-state index is 0.111. The van der Waals surface area contributed by atoms with Crippen molar-refractivity contribution in [3.63, 3.8) is 0 Å². The fraction of sp³-hybridized carbons (Fsp3) is 0.474. The van der Waals surface area contributed by atoms with Crippen LogP contribution in [0.5, 0.6) is 0 Å². The standard InChI is InChI=1S/C19H25N3O2/c1-11(2)22-16-7-6-13(9-15-17(23)21-18(24)20-15)8-14(16)12(3)10-19(22,4)5/h6-9,11-12H,10H2,1-5H3,(H2,20,21,23,24)/b15-9+/t12-/m1/s1. The first-order valence-corrected chi connectivity index (χ1v) is 8.46. The van der Waals surface area contributed by atoms with E-state index in [9.17, 15) is 9.59 Å². The van der Waals surface area contributed by atoms with Gasteiger partial charge in [-0.3, -0.25) is 10.1 Å². The second kappa shape index (κ2) is 5.65. The summed E-state index contributed by atoms with van der Waals surface area (Å²) in [5, 5.41) is 4.76. The molecular weight excluding hydrogens is 302 g/mol. The third-order valence-electron chi connectivity index (χ3n) is 4.85. The molecule has 1 aromatic carbocycles. The zero-order valence-corrected chi connectivity index (χ0v) is 14.9. The van der Waals surface area contributed by atoms with Crippen LogP contribution in [0.15, 0.2) is 23.9 Å². The predicted octanol–water partition coefficient (Wildman–Crippen LogP) is 3.37. The van der Waals surface area contributed by atoms with E-state index >= 15 is 0 Å². The van der Waals surface area contributed by atoms with Crippen molar-refractivity contribution >= 4 is 23.7 Å². The van der Waals surface area contributed by atoms with Crippen LogP contribution in [0.2, 0.25) is 0 Å². The summed E-state index contributed by atoms with van der Waals surface area (Å²) in [7, 11) is 0. The molecule has 0 unspecified atom stereocenters. The van der Waals surface area contributed by atoms with Gasteiger partial charge in [-0.05, 0) is 69.4 Å². The third-order valence-corrected chi connectivity index (χ3v) is 4.85. The van der Waals surface area contributed by atoms with Crippen molar-refractivity contribution in [2.45, 2.75) is 58.5 Å². The summed E-state index contributed by atoms with van der Waals surface area (Å²) >= 11 is 0. The van der Waals surface area contributed by atoms with Gasteiger partial charge in [-0.15, -0.1) is 0 Å². The maximum atomic E-state index is 11.7. The highest BCUT2D eigenvalue weighted by Gasteiger charge is 2.37. The van der Waals surface area contributed by atoms with E-state index in [2.05, 4.69) is 62.3 Å². The number of fused-ring (bicyclic) bond motifs is 1. The van der Waals surface area contributed by atoms with Gasteiger partial charge in [-0.25, -0.2) is 4.79 Å². The summed E-state index contributed by atoms with van der Waals surface area (Å²) < 4.78 is 0. The number of benzene rings is 1. The average molecular weight is 327 g/mol. The number of amides is 3. The van der Waals surface area contributed by atoms with Crippen LogP contribution in [-0.2, 0) is 4.79 Å². The predicted molar refractivity (Wildman–Crippen MR) is 95.8 cm³/mol. The van der Waals surface area contributed by atoms with E-state index in [0.29, 0.717) is 17.7 Å². The van der Waals surface area contributed by atoms with Crippen molar-refractivity contribution in [1.82, 2.24) is 10.6 Å². The summed E-state index contributed by atoms with van der Waals surface area (Å²) in [6, 6.07) is 6.22. The zero-order chi connectivity index (χ0) is 17.6. The Kier molecular flexibility index (Phi) is 3.90. The van der Waals surface area contributed by atoms with Crippen molar-refractivity contribution in [1.29, 1.82) is 0 Å². The maximum absolute atomic E-state index is 11.7. The first-order chi connectivity index (χ1) is 11.2. The second-order valence-electron chi connectivity index (χ2n) is 7.67. The van der Waals surface area contributed by atoms with Gasteiger partial charge in [-0.1, -0.05) is 13.0 Å². The lowest BCUT2D eigenvalue weighted by molar-refractivity contribution is -0.115. The van der Waals surface area contributed by atoms with Crippen LogP contribution in [-0.4, -0.2) is 23.5 Å². The molecule has 0 aliphatic carbocycles. The largest absolute Gasteiger partial charge is 0.364 e. The van der Waals surface area contributed by atoms with Gasteiger partial charge in [0.05, 0.1) is 0 Å². The molecule has 24 heavy (non-hydrogen) atoms. The molecule has 5 nitrogen and oxygen atoms in total. The Balaban J connectivity index is 2.02. The van der Waals surface area contributed by atoms with E-state index in [1.807, 2.05) is 6.07 Å². The van der Waals surface area contributed by atoms with Gasteiger partial charge in [-0.2, -0.15) is 0 Å². The molecule has 1 saturated heterocycles. The molecule has 1 fully saturated rings. The first-order valence-electron chi connectivity index (χ1n) is 8.46. The fourth-order valence-corrected chi connectivity index (χ4v) is 4.19. The van der Waals surface area contributed by atoms with Crippen molar-refractivity contribution in [3.8, 4) is 0 Å². The van der Waals surface area contributed by atoms with Crippen LogP contribution in [0, 0.1) is 0 Å². The molecule has 0 saturated carbocycles. The van der Waals surface area contributed by atoms with E-state index in [4.69, 9.17) is 0 Å². The van der Waals surface area contributed by atoms with E-state index < -0.39 is 6.03 Å². The van der Waals surface area contributed by atoms with Crippen molar-refractivity contribution in [2.75, 3.05) is 4.90 Å². The minimum atomic E-state index is -0.467. The fourth-order valence-electron chi connectivity index (χ4n) is 4.19. The van der Waals surface area contributed by atoms with Crippen LogP contribution < -0.4 is 15.5 Å². The van der Waals surface area contributed by atoms with E-state index in [-0.39, 0.29) is 11.4 Å². The van der Waals surface area contributed by atoms with Gasteiger partial charge >= 0.3 is 6.03 Å². The number of nitrogens with one attached hydrogen (secondary N) is 2. The monoisotopic (exact) mass is 327 g/mol. The molecule has 1 atom stereocenters. The molecule has 128 valence electrons. The number of nitrogens with zero attached hydrogens (tertiary/aromatic N) is 1. The molecule has 0 aromatic heterocycles. The van der Waals surface area contributed by atoms with Crippen LogP contribution in [0.4, 0.5) is 10.5 Å². The second-order valence-corrected chi connectivity index (χ2v) is 7.67. The smallest absolute Gasteiger partial charge is 0.326 e. The Hall–Kier alpha value is -2.30. The van der Waals surface area contributed by atoms with Gasteiger partial charge < -0.3 is 10.2 Å². The van der Waals surface area contributed by atoms with Gasteiger partial charge in [0.15, 0.2) is 0 Å². The molecule has 3 rings (SSSR count). The number of anilines is 1. The molecule has 0 radical (unpaired) electrons. The summed E-state index contributed by atoms with van der Waals surface area (Å²) in [5.41, 5.74) is 3.89. The Morgan fingerprint density at radius 2 is 1.96 bits per heavy atom. The lowest BCUT2D eigenvalue weighted by atomic mass is 9.79. The number of hydrogen-bond acceptors (Lipinski definition) is 3. The number of carbonyl (C=O) groups excluding carboxylic acids is 2. The molecule has 0 spiro atoms. The minimum Gasteiger partial charge on any atom is -0.364 e. The SMILES string of the molecule is CC(C)N1c2ccc(/C=C3/NC(=O)NC3=O)cc2[C@H](C)CC1(C)C. The molecule has 0 bridgehead atoms. The highest BCUT2D eigenvalue weighted by Crippen LogP contribution is 2.44. The van der Waals surface area contributed by atoms with Crippen molar-refractivity contribution in [3.05, 3.63) is 35.0 Å². The van der Waals surface area contributed by atoms with Gasteiger partial charge in [0.2, 0.25) is 0 Å². The van der Waals surface area contributed by atoms with Crippen LogP contribution in [0.1, 0.15) is 58.1 Å². The Morgan fingerprint density at radius 1 is 1.25 bits per heavy atom. The Labute approximate surface area is 143 Å². The lowest BCUT2D eigenvalue weighted by Crippen LogP contribution is -2.51. The average Bonchev–Trinajstić information content (AvgIpc) is 2.76. The number of urea groups is 1. The van der Waals surface area contributed by atoms with Crippen LogP contribution >= 0.6 is 0 Å². The van der Waals surface area contributed by atoms with Crippen LogP contribution in [0.3, 0.4) is 0 Å². The number of carbonyl (C=O) groups is 2. The Morgan fingerprint density at radius 3 is 2.54 bits per heavy atom. The van der Waals surface area contributed by atoms with Gasteiger partial charge in [0.1, 0.15) is 5.70 Å². The highest BCUT2D eigenvalue weighted by molar-refractivity contribution is 6.14. The van der Waals surface area contributed by atoms with Gasteiger partial charge in [0, 0.05) is 17.3 Å². The van der Waals surface area contributed by atoms with Gasteiger partial charge in [0.25, 0.3) is 5.91 Å². The molecule has 3 amide bonds. The maximum Gasteiger partial charge on any atom is 0.326 e. The highest BCUT2D eigenvalue weighted by atomic mass is 16.2. The third kappa shape index (κ3) is 2.79. The summed E-state index contributed by atoms with van der Waals surface area (Å²) in [6.45, 7) is 11.3. The number of hydrogen-bond donors (Lipinski definition) is 2. The Bertz CT molecular complexity index is 734.